The van der Waals surface area contributed by atoms with E-state index < -0.39 is 0 Å². The minimum absolute atomic E-state index is 0.431. The topological polar surface area (TPSA) is 23.5 Å². The van der Waals surface area contributed by atoms with Crippen molar-refractivity contribution in [1.82, 2.24) is 4.90 Å². The second-order valence-electron chi connectivity index (χ2n) is 5.07. The highest BCUT2D eigenvalue weighted by Gasteiger charge is 2.12. The maximum Gasteiger partial charge on any atom is 0.123 e. The SMILES string of the molecule is CCC(C)CN(CC)Cc1cc(Br)cc(C)c1O. The summed E-state index contributed by atoms with van der Waals surface area (Å²) in [5.41, 5.74) is 1.94. The molecule has 1 N–H and O–H groups in total. The van der Waals surface area contributed by atoms with Gasteiger partial charge in [0, 0.05) is 23.1 Å². The van der Waals surface area contributed by atoms with E-state index in [1.54, 1.807) is 0 Å². The monoisotopic (exact) mass is 313 g/mol. The van der Waals surface area contributed by atoms with Crippen molar-refractivity contribution >= 4 is 15.9 Å². The first-order valence-corrected chi connectivity index (χ1v) is 7.47. The second-order valence-corrected chi connectivity index (χ2v) is 5.99. The van der Waals surface area contributed by atoms with E-state index in [9.17, 15) is 5.11 Å². The Kier molecular flexibility index (Phi) is 6.16. The average molecular weight is 314 g/mol. The zero-order valence-electron chi connectivity index (χ0n) is 11.8. The van der Waals surface area contributed by atoms with Crippen molar-refractivity contribution in [3.8, 4) is 5.75 Å². The van der Waals surface area contributed by atoms with Gasteiger partial charge in [-0.1, -0.05) is 43.1 Å². The third kappa shape index (κ3) is 4.29. The number of rotatable bonds is 6. The fourth-order valence-corrected chi connectivity index (χ4v) is 2.66. The Hall–Kier alpha value is -0.540. The number of aryl methyl sites for hydroxylation is 1. The van der Waals surface area contributed by atoms with E-state index in [2.05, 4.69) is 41.6 Å². The van der Waals surface area contributed by atoms with Gasteiger partial charge in [-0.2, -0.15) is 0 Å². The Bertz CT molecular complexity index is 392. The molecule has 1 aromatic carbocycles. The van der Waals surface area contributed by atoms with Gasteiger partial charge in [-0.3, -0.25) is 4.90 Å². The lowest BCUT2D eigenvalue weighted by molar-refractivity contribution is 0.235. The molecule has 1 atom stereocenters. The molecule has 0 aromatic heterocycles. The summed E-state index contributed by atoms with van der Waals surface area (Å²) in [5.74, 6) is 1.13. The number of phenolic OH excluding ortho intramolecular Hbond substituents is 1. The van der Waals surface area contributed by atoms with E-state index in [0.29, 0.717) is 11.7 Å². The predicted molar refractivity (Wildman–Crippen MR) is 80.9 cm³/mol. The highest BCUT2D eigenvalue weighted by atomic mass is 79.9. The van der Waals surface area contributed by atoms with Crippen LogP contribution in [0.4, 0.5) is 0 Å². The maximum atomic E-state index is 10.1. The molecule has 2 nitrogen and oxygen atoms in total. The smallest absolute Gasteiger partial charge is 0.123 e. The van der Waals surface area contributed by atoms with Crippen LogP contribution in [0.25, 0.3) is 0 Å². The Morgan fingerprint density at radius 3 is 2.56 bits per heavy atom. The van der Waals surface area contributed by atoms with Crippen molar-refractivity contribution in [2.45, 2.75) is 40.7 Å². The lowest BCUT2D eigenvalue weighted by Crippen LogP contribution is -2.27. The van der Waals surface area contributed by atoms with E-state index in [1.807, 2.05) is 19.1 Å². The predicted octanol–water partition coefficient (Wildman–Crippen LogP) is 4.33. The summed E-state index contributed by atoms with van der Waals surface area (Å²) < 4.78 is 1.03. The molecule has 0 heterocycles. The molecule has 1 unspecified atom stereocenters. The zero-order valence-corrected chi connectivity index (χ0v) is 13.4. The number of aromatic hydroxyl groups is 1. The van der Waals surface area contributed by atoms with E-state index in [0.717, 1.165) is 35.2 Å². The normalized spacial score (nSPS) is 13.0. The molecule has 0 saturated heterocycles. The summed E-state index contributed by atoms with van der Waals surface area (Å²) in [6.07, 6.45) is 1.19. The molecule has 0 amide bonds. The number of benzene rings is 1. The van der Waals surface area contributed by atoms with Gasteiger partial charge in [0.2, 0.25) is 0 Å². The quantitative estimate of drug-likeness (QED) is 0.845. The summed E-state index contributed by atoms with van der Waals surface area (Å²) in [6, 6.07) is 3.96. The summed E-state index contributed by atoms with van der Waals surface area (Å²) >= 11 is 3.49. The molecular formula is C15H24BrNO. The van der Waals surface area contributed by atoms with Gasteiger partial charge >= 0.3 is 0 Å². The van der Waals surface area contributed by atoms with Crippen molar-refractivity contribution in [3.63, 3.8) is 0 Å². The van der Waals surface area contributed by atoms with Crippen LogP contribution < -0.4 is 0 Å². The molecule has 3 heteroatoms. The Balaban J connectivity index is 2.81. The molecule has 0 spiro atoms. The average Bonchev–Trinajstić information content (AvgIpc) is 2.34. The fraction of sp³-hybridized carbons (Fsp3) is 0.600. The van der Waals surface area contributed by atoms with Crippen LogP contribution >= 0.6 is 15.9 Å². The number of nitrogens with zero attached hydrogens (tertiary/aromatic N) is 1. The minimum Gasteiger partial charge on any atom is -0.507 e. The zero-order chi connectivity index (χ0) is 13.7. The van der Waals surface area contributed by atoms with E-state index in [4.69, 9.17) is 0 Å². The summed E-state index contributed by atoms with van der Waals surface area (Å²) in [7, 11) is 0. The van der Waals surface area contributed by atoms with Crippen LogP contribution in [0.2, 0.25) is 0 Å². The number of hydrogen-bond acceptors (Lipinski definition) is 2. The number of hydrogen-bond donors (Lipinski definition) is 1. The van der Waals surface area contributed by atoms with Crippen molar-refractivity contribution in [3.05, 3.63) is 27.7 Å². The molecule has 0 bridgehead atoms. The fourth-order valence-electron chi connectivity index (χ4n) is 2.04. The summed E-state index contributed by atoms with van der Waals surface area (Å²) in [4.78, 5) is 2.38. The van der Waals surface area contributed by atoms with E-state index in [-0.39, 0.29) is 0 Å². The third-order valence-corrected chi connectivity index (χ3v) is 3.91. The first kappa shape index (κ1) is 15.5. The van der Waals surface area contributed by atoms with Gasteiger partial charge in [0.05, 0.1) is 0 Å². The van der Waals surface area contributed by atoms with Gasteiger partial charge in [0.15, 0.2) is 0 Å². The van der Waals surface area contributed by atoms with Crippen LogP contribution in [0.15, 0.2) is 16.6 Å². The van der Waals surface area contributed by atoms with Crippen LogP contribution in [-0.2, 0) is 6.54 Å². The van der Waals surface area contributed by atoms with Crippen LogP contribution in [-0.4, -0.2) is 23.1 Å². The van der Waals surface area contributed by atoms with Gasteiger partial charge in [0.25, 0.3) is 0 Å². The van der Waals surface area contributed by atoms with Crippen LogP contribution in [0.3, 0.4) is 0 Å². The van der Waals surface area contributed by atoms with E-state index >= 15 is 0 Å². The van der Waals surface area contributed by atoms with Crippen molar-refractivity contribution in [2.24, 2.45) is 5.92 Å². The molecule has 0 saturated carbocycles. The minimum atomic E-state index is 0.431. The summed E-state index contributed by atoms with van der Waals surface area (Å²) in [5, 5.41) is 10.1. The van der Waals surface area contributed by atoms with Crippen LogP contribution in [0.5, 0.6) is 5.75 Å². The molecule has 102 valence electrons. The van der Waals surface area contributed by atoms with Crippen LogP contribution in [0, 0.1) is 12.8 Å². The third-order valence-electron chi connectivity index (χ3n) is 3.45. The Morgan fingerprint density at radius 1 is 1.33 bits per heavy atom. The molecule has 0 aliphatic carbocycles. The molecule has 0 fully saturated rings. The van der Waals surface area contributed by atoms with Crippen molar-refractivity contribution < 1.29 is 5.11 Å². The van der Waals surface area contributed by atoms with E-state index in [1.165, 1.54) is 6.42 Å². The Morgan fingerprint density at radius 2 is 2.00 bits per heavy atom. The second kappa shape index (κ2) is 7.15. The van der Waals surface area contributed by atoms with Crippen molar-refractivity contribution in [2.75, 3.05) is 13.1 Å². The van der Waals surface area contributed by atoms with Crippen LogP contribution in [0.1, 0.15) is 38.3 Å². The molecule has 18 heavy (non-hydrogen) atoms. The van der Waals surface area contributed by atoms with Gasteiger partial charge in [-0.25, -0.2) is 0 Å². The lowest BCUT2D eigenvalue weighted by atomic mass is 10.1. The number of phenols is 1. The van der Waals surface area contributed by atoms with Gasteiger partial charge < -0.3 is 5.11 Å². The van der Waals surface area contributed by atoms with Crippen molar-refractivity contribution in [1.29, 1.82) is 0 Å². The molecule has 0 aliphatic heterocycles. The molecule has 1 aromatic rings. The lowest BCUT2D eigenvalue weighted by Gasteiger charge is -2.24. The highest BCUT2D eigenvalue weighted by molar-refractivity contribution is 9.10. The first-order chi connectivity index (χ1) is 8.47. The standard InChI is InChI=1S/C15H24BrNO/c1-5-11(3)9-17(6-2)10-13-8-14(16)7-12(4)15(13)18/h7-8,11,18H,5-6,9-10H2,1-4H3. The van der Waals surface area contributed by atoms with Gasteiger partial charge in [-0.05, 0) is 37.1 Å². The molecule has 0 aliphatic rings. The van der Waals surface area contributed by atoms with Gasteiger partial charge in [0.1, 0.15) is 5.75 Å². The molecule has 1 rings (SSSR count). The maximum absolute atomic E-state index is 10.1. The van der Waals surface area contributed by atoms with Gasteiger partial charge in [-0.15, -0.1) is 0 Å². The molecule has 0 radical (unpaired) electrons. The summed E-state index contributed by atoms with van der Waals surface area (Å²) in [6.45, 7) is 11.5. The Labute approximate surface area is 119 Å². The number of halogens is 1. The molecular weight excluding hydrogens is 290 g/mol. The largest absolute Gasteiger partial charge is 0.507 e. The highest BCUT2D eigenvalue weighted by Crippen LogP contribution is 2.28. The first-order valence-electron chi connectivity index (χ1n) is 6.68.